The Labute approximate surface area is 146 Å². The summed E-state index contributed by atoms with van der Waals surface area (Å²) in [4.78, 5) is 12.7. The number of rotatable bonds is 5. The molecular formula is C20H20FN3O. The Bertz CT molecular complexity index is 884. The van der Waals surface area contributed by atoms with Gasteiger partial charge in [-0.3, -0.25) is 4.79 Å². The average Bonchev–Trinajstić information content (AvgIpc) is 3.06. The molecule has 1 amide bonds. The molecule has 128 valence electrons. The molecule has 2 aromatic carbocycles. The molecule has 0 fully saturated rings. The summed E-state index contributed by atoms with van der Waals surface area (Å²) in [6.07, 6.45) is 3.10. The summed E-state index contributed by atoms with van der Waals surface area (Å²) in [5.41, 5.74) is 3.96. The van der Waals surface area contributed by atoms with Crippen LogP contribution in [-0.2, 0) is 12.8 Å². The molecule has 1 N–H and O–H groups in total. The fourth-order valence-electron chi connectivity index (χ4n) is 2.78. The topological polar surface area (TPSA) is 46.9 Å². The molecule has 5 heteroatoms. The van der Waals surface area contributed by atoms with E-state index < -0.39 is 0 Å². The van der Waals surface area contributed by atoms with Crippen LogP contribution in [0.5, 0.6) is 0 Å². The molecule has 25 heavy (non-hydrogen) atoms. The van der Waals surface area contributed by atoms with Gasteiger partial charge in [0.15, 0.2) is 0 Å². The van der Waals surface area contributed by atoms with E-state index in [0.29, 0.717) is 12.0 Å². The van der Waals surface area contributed by atoms with E-state index in [1.54, 1.807) is 23.0 Å². The molecule has 1 heterocycles. The Kier molecular flexibility index (Phi) is 4.93. The first kappa shape index (κ1) is 16.9. The lowest BCUT2D eigenvalue weighted by molar-refractivity contribution is 0.102. The molecule has 3 rings (SSSR count). The average molecular weight is 337 g/mol. The standard InChI is InChI=1S/C20H20FN3O/c1-3-14-6-5-7-16(12-14)23-20(25)18-13-22-24(19(18)4-2)17-10-8-15(21)9-11-17/h5-13H,3-4H2,1-2H3,(H,23,25). The van der Waals surface area contributed by atoms with Gasteiger partial charge in [0, 0.05) is 5.69 Å². The molecule has 0 saturated carbocycles. The van der Waals surface area contributed by atoms with Crippen molar-refractivity contribution < 1.29 is 9.18 Å². The van der Waals surface area contributed by atoms with Gasteiger partial charge in [0.1, 0.15) is 5.82 Å². The Morgan fingerprint density at radius 1 is 1.12 bits per heavy atom. The molecule has 0 unspecified atom stereocenters. The third-order valence-corrected chi connectivity index (χ3v) is 4.11. The second-order valence-corrected chi connectivity index (χ2v) is 5.75. The Hall–Kier alpha value is -2.95. The summed E-state index contributed by atoms with van der Waals surface area (Å²) >= 11 is 0. The first-order valence-electron chi connectivity index (χ1n) is 8.35. The van der Waals surface area contributed by atoms with E-state index in [1.807, 2.05) is 31.2 Å². The minimum absolute atomic E-state index is 0.196. The molecule has 0 bridgehead atoms. The number of halogens is 1. The summed E-state index contributed by atoms with van der Waals surface area (Å²) in [6.45, 7) is 4.04. The van der Waals surface area contributed by atoms with Crippen LogP contribution in [0.4, 0.5) is 10.1 Å². The lowest BCUT2D eigenvalue weighted by atomic mass is 10.1. The normalized spacial score (nSPS) is 10.7. The van der Waals surface area contributed by atoms with E-state index >= 15 is 0 Å². The SMILES string of the molecule is CCc1cccc(NC(=O)c2cnn(-c3ccc(F)cc3)c2CC)c1. The quantitative estimate of drug-likeness (QED) is 0.750. The highest BCUT2D eigenvalue weighted by Gasteiger charge is 2.17. The third kappa shape index (κ3) is 3.60. The zero-order chi connectivity index (χ0) is 17.8. The van der Waals surface area contributed by atoms with Crippen molar-refractivity contribution in [3.05, 3.63) is 77.4 Å². The van der Waals surface area contributed by atoms with Crippen LogP contribution in [0.3, 0.4) is 0 Å². The van der Waals surface area contributed by atoms with Crippen LogP contribution in [0.2, 0.25) is 0 Å². The highest BCUT2D eigenvalue weighted by molar-refractivity contribution is 6.05. The van der Waals surface area contributed by atoms with Crippen LogP contribution in [0.15, 0.2) is 54.7 Å². The maximum Gasteiger partial charge on any atom is 0.259 e. The summed E-state index contributed by atoms with van der Waals surface area (Å²) in [5, 5.41) is 7.25. The smallest absolute Gasteiger partial charge is 0.259 e. The molecule has 0 saturated heterocycles. The Morgan fingerprint density at radius 3 is 2.56 bits per heavy atom. The number of nitrogens with one attached hydrogen (secondary N) is 1. The highest BCUT2D eigenvalue weighted by atomic mass is 19.1. The first-order chi connectivity index (χ1) is 12.1. The molecule has 0 spiro atoms. The number of benzene rings is 2. The van der Waals surface area contributed by atoms with E-state index in [4.69, 9.17) is 0 Å². The van der Waals surface area contributed by atoms with Crippen molar-refractivity contribution in [1.29, 1.82) is 0 Å². The number of nitrogens with zero attached hydrogens (tertiary/aromatic N) is 2. The lowest BCUT2D eigenvalue weighted by Gasteiger charge is -2.09. The van der Waals surface area contributed by atoms with Crippen molar-refractivity contribution in [2.75, 3.05) is 5.32 Å². The number of aromatic nitrogens is 2. The van der Waals surface area contributed by atoms with E-state index in [2.05, 4.69) is 17.3 Å². The fraction of sp³-hybridized carbons (Fsp3) is 0.200. The summed E-state index contributed by atoms with van der Waals surface area (Å²) in [5.74, 6) is -0.499. The van der Waals surface area contributed by atoms with Gasteiger partial charge in [-0.2, -0.15) is 5.10 Å². The minimum Gasteiger partial charge on any atom is -0.322 e. The van der Waals surface area contributed by atoms with Crippen LogP contribution in [-0.4, -0.2) is 15.7 Å². The van der Waals surface area contributed by atoms with Gasteiger partial charge in [-0.25, -0.2) is 9.07 Å². The van der Waals surface area contributed by atoms with Crippen LogP contribution < -0.4 is 5.32 Å². The minimum atomic E-state index is -0.303. The van der Waals surface area contributed by atoms with Crippen molar-refractivity contribution in [1.82, 2.24) is 9.78 Å². The number of aryl methyl sites for hydroxylation is 1. The molecule has 1 aromatic heterocycles. The molecular weight excluding hydrogens is 317 g/mol. The summed E-state index contributed by atoms with van der Waals surface area (Å²) in [7, 11) is 0. The van der Waals surface area contributed by atoms with E-state index in [-0.39, 0.29) is 11.7 Å². The van der Waals surface area contributed by atoms with Gasteiger partial charge in [-0.15, -0.1) is 0 Å². The zero-order valence-corrected chi connectivity index (χ0v) is 14.3. The number of hydrogen-bond acceptors (Lipinski definition) is 2. The number of anilines is 1. The Balaban J connectivity index is 1.89. The molecule has 3 aromatic rings. The van der Waals surface area contributed by atoms with E-state index in [1.165, 1.54) is 12.1 Å². The van der Waals surface area contributed by atoms with Crippen molar-refractivity contribution in [2.45, 2.75) is 26.7 Å². The predicted molar refractivity (Wildman–Crippen MR) is 96.7 cm³/mol. The lowest BCUT2D eigenvalue weighted by Crippen LogP contribution is -2.14. The molecule has 0 aliphatic heterocycles. The third-order valence-electron chi connectivity index (χ3n) is 4.11. The predicted octanol–water partition coefficient (Wildman–Crippen LogP) is 4.39. The molecule has 0 radical (unpaired) electrons. The van der Waals surface area contributed by atoms with Crippen LogP contribution in [0.25, 0.3) is 5.69 Å². The van der Waals surface area contributed by atoms with Crippen molar-refractivity contribution in [3.8, 4) is 5.69 Å². The van der Waals surface area contributed by atoms with Gasteiger partial charge < -0.3 is 5.32 Å². The van der Waals surface area contributed by atoms with Gasteiger partial charge in [0.2, 0.25) is 0 Å². The van der Waals surface area contributed by atoms with Crippen molar-refractivity contribution in [2.24, 2.45) is 0 Å². The molecule has 0 aliphatic rings. The van der Waals surface area contributed by atoms with Crippen LogP contribution in [0, 0.1) is 5.82 Å². The highest BCUT2D eigenvalue weighted by Crippen LogP contribution is 2.18. The van der Waals surface area contributed by atoms with Crippen molar-refractivity contribution >= 4 is 11.6 Å². The monoisotopic (exact) mass is 337 g/mol. The van der Waals surface area contributed by atoms with Gasteiger partial charge in [0.25, 0.3) is 5.91 Å². The van der Waals surface area contributed by atoms with Crippen LogP contribution in [0.1, 0.15) is 35.5 Å². The summed E-state index contributed by atoms with van der Waals surface area (Å²) in [6, 6.07) is 13.8. The summed E-state index contributed by atoms with van der Waals surface area (Å²) < 4.78 is 14.8. The van der Waals surface area contributed by atoms with Crippen molar-refractivity contribution in [3.63, 3.8) is 0 Å². The molecule has 4 nitrogen and oxygen atoms in total. The first-order valence-corrected chi connectivity index (χ1v) is 8.35. The van der Waals surface area contributed by atoms with Gasteiger partial charge in [-0.1, -0.05) is 26.0 Å². The second-order valence-electron chi connectivity index (χ2n) is 5.75. The Morgan fingerprint density at radius 2 is 1.88 bits per heavy atom. The van der Waals surface area contributed by atoms with Gasteiger partial charge in [-0.05, 0) is 54.8 Å². The second kappa shape index (κ2) is 7.30. The molecule has 0 atom stereocenters. The zero-order valence-electron chi connectivity index (χ0n) is 14.3. The van der Waals surface area contributed by atoms with Crippen LogP contribution >= 0.6 is 0 Å². The van der Waals surface area contributed by atoms with Gasteiger partial charge in [0.05, 0.1) is 23.1 Å². The number of amides is 1. The fourth-order valence-corrected chi connectivity index (χ4v) is 2.78. The van der Waals surface area contributed by atoms with Gasteiger partial charge >= 0.3 is 0 Å². The largest absolute Gasteiger partial charge is 0.322 e. The number of carbonyl (C=O) groups is 1. The maximum absolute atomic E-state index is 13.1. The van der Waals surface area contributed by atoms with E-state index in [9.17, 15) is 9.18 Å². The van der Waals surface area contributed by atoms with E-state index in [0.717, 1.165) is 29.1 Å². The number of hydrogen-bond donors (Lipinski definition) is 1. The molecule has 0 aliphatic carbocycles. The maximum atomic E-state index is 13.1. The number of carbonyl (C=O) groups excluding carboxylic acids is 1.